The van der Waals surface area contributed by atoms with Crippen molar-refractivity contribution >= 4 is 17.9 Å². The molecule has 0 aliphatic rings. The molecule has 0 aromatic heterocycles. The van der Waals surface area contributed by atoms with E-state index in [9.17, 15) is 4.79 Å². The molecule has 1 rings (SSSR count). The van der Waals surface area contributed by atoms with E-state index in [-0.39, 0.29) is 29.6 Å². The molecule has 0 atom stereocenters. The molecular formula is C7H4ClNaO. The van der Waals surface area contributed by atoms with Gasteiger partial charge >= 0.3 is 29.6 Å². The Hall–Kier alpha value is 0.180. The van der Waals surface area contributed by atoms with E-state index in [1.165, 1.54) is 0 Å². The van der Waals surface area contributed by atoms with Gasteiger partial charge in [0.15, 0.2) is 0 Å². The Bertz CT molecular complexity index is 225. The normalized spacial score (nSPS) is 8.10. The van der Waals surface area contributed by atoms with Crippen molar-refractivity contribution in [2.75, 3.05) is 0 Å². The van der Waals surface area contributed by atoms with E-state index in [2.05, 4.69) is 6.07 Å². The molecule has 0 heterocycles. The molecule has 1 aromatic carbocycles. The predicted octanol–water partition coefficient (Wildman–Crippen LogP) is -1.04. The minimum absolute atomic E-state index is 0. The molecule has 0 N–H and O–H groups in total. The van der Waals surface area contributed by atoms with Gasteiger partial charge in [-0.25, -0.2) is 0 Å². The third-order valence-corrected chi connectivity index (χ3v) is 1.31. The second-order valence-electron chi connectivity index (χ2n) is 1.57. The van der Waals surface area contributed by atoms with Crippen LogP contribution in [0.4, 0.5) is 0 Å². The van der Waals surface area contributed by atoms with E-state index in [1.54, 1.807) is 18.2 Å². The van der Waals surface area contributed by atoms with Crippen LogP contribution in [0, 0.1) is 6.07 Å². The maximum atomic E-state index is 10.1. The monoisotopic (exact) mass is 162 g/mol. The van der Waals surface area contributed by atoms with E-state index in [4.69, 9.17) is 11.6 Å². The molecule has 1 nitrogen and oxygen atoms in total. The van der Waals surface area contributed by atoms with Gasteiger partial charge in [-0.3, -0.25) is 0 Å². The molecule has 1 aromatic rings. The van der Waals surface area contributed by atoms with Gasteiger partial charge in [0.25, 0.3) is 0 Å². The van der Waals surface area contributed by atoms with Crippen molar-refractivity contribution < 1.29 is 34.4 Å². The molecule has 0 saturated carbocycles. The van der Waals surface area contributed by atoms with Crippen molar-refractivity contribution in [1.82, 2.24) is 0 Å². The van der Waals surface area contributed by atoms with Gasteiger partial charge in [0.2, 0.25) is 0 Å². The Balaban J connectivity index is 0.000000810. The van der Waals surface area contributed by atoms with Crippen molar-refractivity contribution in [1.29, 1.82) is 0 Å². The Labute approximate surface area is 86.7 Å². The molecule has 0 bridgehead atoms. The fourth-order valence-electron chi connectivity index (χ4n) is 0.515. The van der Waals surface area contributed by atoms with Crippen LogP contribution < -0.4 is 29.6 Å². The molecule has 0 unspecified atom stereocenters. The van der Waals surface area contributed by atoms with Gasteiger partial charge in [-0.1, -0.05) is 10.6 Å². The standard InChI is InChI=1S/C7H4ClO.Na/c8-7-4-2-1-3-6(7)5-9;/h2-5H;/q-1;+1. The van der Waals surface area contributed by atoms with Crippen LogP contribution in [0.2, 0.25) is 5.02 Å². The number of benzene rings is 1. The second kappa shape index (κ2) is 4.91. The fourth-order valence-corrected chi connectivity index (χ4v) is 0.677. The van der Waals surface area contributed by atoms with E-state index in [0.717, 1.165) is 0 Å². The van der Waals surface area contributed by atoms with Crippen molar-refractivity contribution in [3.8, 4) is 0 Å². The minimum Gasteiger partial charge on any atom is -0.312 e. The van der Waals surface area contributed by atoms with Gasteiger partial charge in [-0.2, -0.15) is 24.3 Å². The first-order chi connectivity index (χ1) is 4.34. The number of carbonyl (C=O) groups excluding carboxylic acids is 1. The first kappa shape index (κ1) is 10.2. The molecule has 3 heteroatoms. The Morgan fingerprint density at radius 2 is 2.30 bits per heavy atom. The van der Waals surface area contributed by atoms with Crippen LogP contribution in [0.25, 0.3) is 0 Å². The molecule has 10 heavy (non-hydrogen) atoms. The Morgan fingerprint density at radius 1 is 1.60 bits per heavy atom. The van der Waals surface area contributed by atoms with Gasteiger partial charge in [-0.15, -0.1) is 11.6 Å². The van der Waals surface area contributed by atoms with E-state index in [1.807, 2.05) is 0 Å². The van der Waals surface area contributed by atoms with Crippen LogP contribution in [0.5, 0.6) is 0 Å². The zero-order valence-corrected chi connectivity index (χ0v) is 8.35. The van der Waals surface area contributed by atoms with Crippen LogP contribution in [-0.4, -0.2) is 6.29 Å². The summed E-state index contributed by atoms with van der Waals surface area (Å²) in [4.78, 5) is 10.1. The van der Waals surface area contributed by atoms with Crippen LogP contribution in [0.3, 0.4) is 0 Å². The third kappa shape index (κ3) is 2.43. The molecule has 46 valence electrons. The quantitative estimate of drug-likeness (QED) is 0.293. The summed E-state index contributed by atoms with van der Waals surface area (Å²) in [5.74, 6) is 0. The second-order valence-corrected chi connectivity index (χ2v) is 1.97. The minimum atomic E-state index is 0. The molecule has 0 aliphatic heterocycles. The zero-order valence-electron chi connectivity index (χ0n) is 5.60. The van der Waals surface area contributed by atoms with Crippen LogP contribution >= 0.6 is 11.6 Å². The van der Waals surface area contributed by atoms with Crippen molar-refractivity contribution in [2.24, 2.45) is 0 Å². The average Bonchev–Trinajstić information content (AvgIpc) is 1.89. The molecule has 0 aliphatic carbocycles. The summed E-state index contributed by atoms with van der Waals surface area (Å²) in [5, 5.41) is 0.476. The summed E-state index contributed by atoms with van der Waals surface area (Å²) in [5.41, 5.74) is 0.485. The number of rotatable bonds is 1. The van der Waals surface area contributed by atoms with E-state index >= 15 is 0 Å². The van der Waals surface area contributed by atoms with Gasteiger partial charge in [-0.05, 0) is 0 Å². The molecule has 0 spiro atoms. The molecule has 0 saturated heterocycles. The zero-order chi connectivity index (χ0) is 6.69. The maximum Gasteiger partial charge on any atom is 1.00 e. The first-order valence-electron chi connectivity index (χ1n) is 2.45. The number of hydrogen-bond acceptors (Lipinski definition) is 1. The Kier molecular flexibility index (Phi) is 5.00. The van der Waals surface area contributed by atoms with Crippen molar-refractivity contribution in [3.05, 3.63) is 34.9 Å². The summed E-state index contributed by atoms with van der Waals surface area (Å²) < 4.78 is 0. The average molecular weight is 163 g/mol. The topological polar surface area (TPSA) is 17.1 Å². The summed E-state index contributed by atoms with van der Waals surface area (Å²) >= 11 is 5.57. The van der Waals surface area contributed by atoms with Gasteiger partial charge in [0.05, 0.1) is 6.29 Å². The van der Waals surface area contributed by atoms with Crippen LogP contribution in [-0.2, 0) is 0 Å². The molecular weight excluding hydrogens is 159 g/mol. The largest absolute Gasteiger partial charge is 1.00 e. The number of halogens is 1. The number of hydrogen-bond donors (Lipinski definition) is 0. The van der Waals surface area contributed by atoms with Gasteiger partial charge in [0, 0.05) is 0 Å². The van der Waals surface area contributed by atoms with Gasteiger partial charge < -0.3 is 4.79 Å². The summed E-state index contributed by atoms with van der Waals surface area (Å²) in [6.45, 7) is 0. The van der Waals surface area contributed by atoms with Crippen LogP contribution in [0.1, 0.15) is 10.4 Å². The Morgan fingerprint density at radius 3 is 2.70 bits per heavy atom. The molecule has 0 radical (unpaired) electrons. The summed E-state index contributed by atoms with van der Waals surface area (Å²) in [6.07, 6.45) is 0.707. The van der Waals surface area contributed by atoms with E-state index in [0.29, 0.717) is 16.9 Å². The van der Waals surface area contributed by atoms with Crippen LogP contribution in [0.15, 0.2) is 18.2 Å². The first-order valence-corrected chi connectivity index (χ1v) is 2.83. The number of carbonyl (C=O) groups is 1. The van der Waals surface area contributed by atoms with Gasteiger partial charge in [0.1, 0.15) is 0 Å². The summed E-state index contributed by atoms with van der Waals surface area (Å²) in [7, 11) is 0. The maximum absolute atomic E-state index is 10.1. The van der Waals surface area contributed by atoms with Crippen molar-refractivity contribution in [2.45, 2.75) is 0 Å². The fraction of sp³-hybridized carbons (Fsp3) is 0. The smallest absolute Gasteiger partial charge is 0.312 e. The van der Waals surface area contributed by atoms with E-state index < -0.39 is 0 Å². The molecule has 0 amide bonds. The third-order valence-electron chi connectivity index (χ3n) is 0.967. The van der Waals surface area contributed by atoms with Crippen molar-refractivity contribution in [3.63, 3.8) is 0 Å². The SMILES string of the molecule is O=Cc1c[c-]ccc1Cl.[Na+]. The predicted molar refractivity (Wildman–Crippen MR) is 35.7 cm³/mol. The molecule has 0 fully saturated rings. The number of aldehydes is 1. The summed E-state index contributed by atoms with van der Waals surface area (Å²) in [6, 6.07) is 7.58.